The van der Waals surface area contributed by atoms with Gasteiger partial charge in [0.05, 0.1) is 0 Å². The monoisotopic (exact) mass is 402 g/mol. The summed E-state index contributed by atoms with van der Waals surface area (Å²) in [5.74, 6) is 1.23. The smallest absolute Gasteiger partial charge is 0.224 e. The number of hydrogen-bond acceptors (Lipinski definition) is 3. The average Bonchev–Trinajstić information content (AvgIpc) is 2.72. The molecule has 2 N–H and O–H groups in total. The van der Waals surface area contributed by atoms with Crippen LogP contribution >= 0.6 is 0 Å². The highest BCUT2D eigenvalue weighted by Crippen LogP contribution is 2.19. The highest BCUT2D eigenvalue weighted by molar-refractivity contribution is 5.91. The van der Waals surface area contributed by atoms with Crippen LogP contribution in [0.4, 0.5) is 11.4 Å². The summed E-state index contributed by atoms with van der Waals surface area (Å²) in [6.45, 7) is 7.38. The van der Waals surface area contributed by atoms with Gasteiger partial charge in [0.2, 0.25) is 5.91 Å². The molecule has 0 atom stereocenters. The van der Waals surface area contributed by atoms with Crippen molar-refractivity contribution in [3.8, 4) is 5.75 Å². The fourth-order valence-electron chi connectivity index (χ4n) is 3.09. The van der Waals surface area contributed by atoms with Crippen molar-refractivity contribution in [2.45, 2.75) is 40.3 Å². The molecule has 0 spiro atoms. The van der Waals surface area contributed by atoms with E-state index in [4.69, 9.17) is 4.74 Å². The molecule has 0 fully saturated rings. The minimum absolute atomic E-state index is 0.0422. The largest absolute Gasteiger partial charge is 0.489 e. The first-order valence-electron chi connectivity index (χ1n) is 10.4. The van der Waals surface area contributed by atoms with Gasteiger partial charge in [-0.1, -0.05) is 61.9 Å². The molecule has 0 aliphatic rings. The van der Waals surface area contributed by atoms with Crippen LogP contribution in [0.3, 0.4) is 0 Å². The van der Waals surface area contributed by atoms with E-state index in [1.807, 2.05) is 50.2 Å². The summed E-state index contributed by atoms with van der Waals surface area (Å²) in [4.78, 5) is 12.0. The number of hydrogen-bond donors (Lipinski definition) is 2. The van der Waals surface area contributed by atoms with E-state index in [1.165, 1.54) is 5.56 Å². The highest BCUT2D eigenvalue weighted by Gasteiger charge is 2.06. The van der Waals surface area contributed by atoms with E-state index >= 15 is 0 Å². The summed E-state index contributed by atoms with van der Waals surface area (Å²) in [5, 5.41) is 6.37. The van der Waals surface area contributed by atoms with Gasteiger partial charge >= 0.3 is 0 Å². The normalized spacial score (nSPS) is 10.7. The molecular formula is C26H30N2O2. The van der Waals surface area contributed by atoms with Crippen LogP contribution in [-0.2, 0) is 17.9 Å². The Hall–Kier alpha value is -3.27. The number of carbonyl (C=O) groups is 1. The molecule has 1 amide bonds. The maximum Gasteiger partial charge on any atom is 0.224 e. The van der Waals surface area contributed by atoms with E-state index < -0.39 is 0 Å². The predicted octanol–water partition coefficient (Wildman–Crippen LogP) is 6.17. The number of ether oxygens (including phenoxy) is 1. The van der Waals surface area contributed by atoms with Gasteiger partial charge in [-0.15, -0.1) is 0 Å². The second-order valence-electron chi connectivity index (χ2n) is 8.00. The average molecular weight is 403 g/mol. The van der Waals surface area contributed by atoms with Crippen LogP contribution in [0.25, 0.3) is 0 Å². The molecule has 4 heteroatoms. The SMILES string of the molecule is Cc1ccc(COc2cccc(CNc3cccc(NC(=O)CC(C)C)c3)c2)cc1. The lowest BCUT2D eigenvalue weighted by Gasteiger charge is -2.12. The minimum Gasteiger partial charge on any atom is -0.489 e. The van der Waals surface area contributed by atoms with Crippen molar-refractivity contribution in [3.05, 3.63) is 89.5 Å². The van der Waals surface area contributed by atoms with E-state index in [-0.39, 0.29) is 5.91 Å². The number of benzene rings is 3. The Bertz CT molecular complexity index is 965. The minimum atomic E-state index is 0.0422. The summed E-state index contributed by atoms with van der Waals surface area (Å²) in [7, 11) is 0. The third kappa shape index (κ3) is 6.96. The number of amides is 1. The molecule has 0 unspecified atom stereocenters. The number of rotatable bonds is 9. The van der Waals surface area contributed by atoms with Crippen molar-refractivity contribution in [2.75, 3.05) is 10.6 Å². The second kappa shape index (κ2) is 10.5. The number of carbonyl (C=O) groups excluding carboxylic acids is 1. The van der Waals surface area contributed by atoms with Crippen LogP contribution in [-0.4, -0.2) is 5.91 Å². The maximum atomic E-state index is 12.0. The van der Waals surface area contributed by atoms with Gasteiger partial charge in [-0.05, 0) is 54.3 Å². The zero-order valence-corrected chi connectivity index (χ0v) is 17.9. The highest BCUT2D eigenvalue weighted by atomic mass is 16.5. The Morgan fingerprint density at radius 3 is 2.40 bits per heavy atom. The van der Waals surface area contributed by atoms with E-state index in [2.05, 4.69) is 54.0 Å². The Morgan fingerprint density at radius 2 is 1.63 bits per heavy atom. The third-order valence-corrected chi connectivity index (χ3v) is 4.66. The molecule has 0 aliphatic carbocycles. The number of anilines is 2. The van der Waals surface area contributed by atoms with Gasteiger partial charge in [0, 0.05) is 24.3 Å². The van der Waals surface area contributed by atoms with Gasteiger partial charge in [0.25, 0.3) is 0 Å². The lowest BCUT2D eigenvalue weighted by Crippen LogP contribution is -2.13. The van der Waals surface area contributed by atoms with Crippen molar-refractivity contribution >= 4 is 17.3 Å². The maximum absolute atomic E-state index is 12.0. The second-order valence-corrected chi connectivity index (χ2v) is 8.00. The summed E-state index contributed by atoms with van der Waals surface area (Å²) < 4.78 is 5.94. The van der Waals surface area contributed by atoms with Crippen LogP contribution in [0.1, 0.15) is 37.0 Å². The molecule has 30 heavy (non-hydrogen) atoms. The summed E-state index contributed by atoms with van der Waals surface area (Å²) in [5.41, 5.74) is 5.30. The van der Waals surface area contributed by atoms with Crippen LogP contribution < -0.4 is 15.4 Å². The van der Waals surface area contributed by atoms with Gasteiger partial charge in [0.15, 0.2) is 0 Å². The molecule has 3 aromatic rings. The topological polar surface area (TPSA) is 50.4 Å². The Kier molecular flexibility index (Phi) is 7.50. The predicted molar refractivity (Wildman–Crippen MR) is 124 cm³/mol. The quantitative estimate of drug-likeness (QED) is 0.450. The molecule has 3 rings (SSSR count). The summed E-state index contributed by atoms with van der Waals surface area (Å²) in [6.07, 6.45) is 0.521. The van der Waals surface area contributed by atoms with Crippen molar-refractivity contribution in [3.63, 3.8) is 0 Å². The molecule has 156 valence electrons. The molecule has 0 radical (unpaired) electrons. The summed E-state index contributed by atoms with van der Waals surface area (Å²) in [6, 6.07) is 24.3. The van der Waals surface area contributed by atoms with Gasteiger partial charge in [-0.25, -0.2) is 0 Å². The van der Waals surface area contributed by atoms with Gasteiger partial charge < -0.3 is 15.4 Å². The van der Waals surface area contributed by atoms with E-state index in [0.717, 1.165) is 28.3 Å². The Balaban J connectivity index is 1.54. The van der Waals surface area contributed by atoms with E-state index in [1.54, 1.807) is 0 Å². The van der Waals surface area contributed by atoms with Crippen molar-refractivity contribution in [2.24, 2.45) is 5.92 Å². The van der Waals surface area contributed by atoms with Gasteiger partial charge in [-0.3, -0.25) is 4.79 Å². The Labute approximate surface area is 179 Å². The van der Waals surface area contributed by atoms with Crippen LogP contribution in [0, 0.1) is 12.8 Å². The zero-order chi connectivity index (χ0) is 21.3. The van der Waals surface area contributed by atoms with Gasteiger partial charge in [0.1, 0.15) is 12.4 Å². The molecule has 3 aromatic carbocycles. The van der Waals surface area contributed by atoms with Crippen molar-refractivity contribution < 1.29 is 9.53 Å². The molecule has 0 aliphatic heterocycles. The molecule has 0 aromatic heterocycles. The van der Waals surface area contributed by atoms with Crippen LogP contribution in [0.15, 0.2) is 72.8 Å². The lowest BCUT2D eigenvalue weighted by atomic mass is 10.1. The van der Waals surface area contributed by atoms with Crippen molar-refractivity contribution in [1.82, 2.24) is 0 Å². The van der Waals surface area contributed by atoms with Crippen molar-refractivity contribution in [1.29, 1.82) is 0 Å². The molecule has 0 heterocycles. The molecule has 0 bridgehead atoms. The van der Waals surface area contributed by atoms with E-state index in [0.29, 0.717) is 25.5 Å². The Morgan fingerprint density at radius 1 is 0.900 bits per heavy atom. The molecular weight excluding hydrogens is 372 g/mol. The van der Waals surface area contributed by atoms with E-state index in [9.17, 15) is 4.79 Å². The first-order valence-corrected chi connectivity index (χ1v) is 10.4. The molecule has 0 saturated heterocycles. The van der Waals surface area contributed by atoms with Crippen LogP contribution in [0.5, 0.6) is 5.75 Å². The third-order valence-electron chi connectivity index (χ3n) is 4.66. The van der Waals surface area contributed by atoms with Crippen LogP contribution in [0.2, 0.25) is 0 Å². The lowest BCUT2D eigenvalue weighted by molar-refractivity contribution is -0.116. The first-order chi connectivity index (χ1) is 14.5. The summed E-state index contributed by atoms with van der Waals surface area (Å²) >= 11 is 0. The molecule has 0 saturated carbocycles. The fourth-order valence-corrected chi connectivity index (χ4v) is 3.09. The molecule has 4 nitrogen and oxygen atoms in total. The standard InChI is InChI=1S/C26H30N2O2/c1-19(2)14-26(29)28-24-8-5-7-23(16-24)27-17-22-6-4-9-25(15-22)30-18-21-12-10-20(3)11-13-21/h4-13,15-16,19,27H,14,17-18H2,1-3H3,(H,28,29). The first kappa shape index (κ1) is 21.4. The number of nitrogens with one attached hydrogen (secondary N) is 2. The fraction of sp³-hybridized carbons (Fsp3) is 0.269. The van der Waals surface area contributed by atoms with Gasteiger partial charge in [-0.2, -0.15) is 0 Å². The number of aryl methyl sites for hydroxylation is 1. The zero-order valence-electron chi connectivity index (χ0n) is 17.9.